The molecule has 0 unspecified atom stereocenters. The second kappa shape index (κ2) is 8.99. The van der Waals surface area contributed by atoms with Crippen molar-refractivity contribution in [3.63, 3.8) is 0 Å². The van der Waals surface area contributed by atoms with Crippen LogP contribution in [0.3, 0.4) is 0 Å². The smallest absolute Gasteiger partial charge is 0.339 e. The van der Waals surface area contributed by atoms with Crippen LogP contribution in [0.1, 0.15) is 37.1 Å². The van der Waals surface area contributed by atoms with E-state index in [1.165, 1.54) is 17.2 Å². The maximum atomic E-state index is 14.8. The highest BCUT2D eigenvalue weighted by Gasteiger charge is 2.38. The van der Waals surface area contributed by atoms with Crippen molar-refractivity contribution in [2.24, 2.45) is 4.99 Å². The number of likely N-dealkylation sites (tertiary alicyclic amines) is 1. The summed E-state index contributed by atoms with van der Waals surface area (Å²) in [7, 11) is 0. The van der Waals surface area contributed by atoms with Crippen molar-refractivity contribution in [1.82, 2.24) is 9.88 Å². The van der Waals surface area contributed by atoms with Gasteiger partial charge in [-0.15, -0.1) is 0 Å². The van der Waals surface area contributed by atoms with Crippen LogP contribution in [0, 0.1) is 5.82 Å². The Morgan fingerprint density at radius 3 is 2.54 bits per heavy atom. The standard InChI is InChI=1S/C24H21ClF4N4O2/c1-12(23(35)32-9-4-10-32)11-33-14(3)13(2)30-22(21-16(26)6-8-18(34)31-21)19-17(33)7-5-15(20(19)25)24(27,28)29/h5-8,11,13H,3-4,9-10H2,1-2H3,(H,31,34)/b12-11+/t13-/m0/s1. The van der Waals surface area contributed by atoms with Crippen molar-refractivity contribution < 1.29 is 22.4 Å². The third kappa shape index (κ3) is 4.50. The average molecular weight is 509 g/mol. The first-order valence-corrected chi connectivity index (χ1v) is 11.1. The third-order valence-electron chi connectivity index (χ3n) is 5.94. The molecule has 1 fully saturated rings. The normalized spacial score (nSPS) is 18.6. The van der Waals surface area contributed by atoms with Gasteiger partial charge >= 0.3 is 6.18 Å². The minimum absolute atomic E-state index is 0.107. The summed E-state index contributed by atoms with van der Waals surface area (Å²) in [5.74, 6) is -1.12. The second-order valence-corrected chi connectivity index (χ2v) is 8.72. The maximum absolute atomic E-state index is 14.8. The molecule has 2 aromatic rings. The molecule has 2 aliphatic heterocycles. The van der Waals surface area contributed by atoms with Crippen LogP contribution in [0.5, 0.6) is 0 Å². The number of nitrogens with one attached hydrogen (secondary N) is 1. The van der Waals surface area contributed by atoms with Crippen molar-refractivity contribution >= 4 is 28.9 Å². The van der Waals surface area contributed by atoms with Gasteiger partial charge < -0.3 is 14.8 Å². The van der Waals surface area contributed by atoms with E-state index in [0.717, 1.165) is 24.6 Å². The van der Waals surface area contributed by atoms with Gasteiger partial charge in [0.2, 0.25) is 5.56 Å². The molecular formula is C24H21ClF4N4O2. The molecule has 4 rings (SSSR count). The van der Waals surface area contributed by atoms with Crippen LogP contribution in [0.2, 0.25) is 5.02 Å². The first-order chi connectivity index (χ1) is 16.4. The number of halogens is 5. The zero-order valence-electron chi connectivity index (χ0n) is 18.8. The molecular weight excluding hydrogens is 488 g/mol. The molecule has 0 radical (unpaired) electrons. The molecule has 1 aromatic carbocycles. The number of amides is 1. The van der Waals surface area contributed by atoms with Crippen LogP contribution in [-0.2, 0) is 11.0 Å². The number of aromatic amines is 1. The van der Waals surface area contributed by atoms with Crippen molar-refractivity contribution in [1.29, 1.82) is 0 Å². The predicted octanol–water partition coefficient (Wildman–Crippen LogP) is 4.88. The highest BCUT2D eigenvalue weighted by Crippen LogP contribution is 2.43. The topological polar surface area (TPSA) is 68.8 Å². The summed E-state index contributed by atoms with van der Waals surface area (Å²) in [6, 6.07) is 3.05. The average Bonchev–Trinajstić information content (AvgIpc) is 2.84. The number of benzodiazepines with no additional fused rings is 1. The zero-order valence-corrected chi connectivity index (χ0v) is 19.6. The number of aromatic nitrogens is 1. The zero-order chi connectivity index (χ0) is 25.7. The number of nitrogens with zero attached hydrogens (tertiary/aromatic N) is 3. The summed E-state index contributed by atoms with van der Waals surface area (Å²) in [5.41, 5.74) is -1.99. The van der Waals surface area contributed by atoms with Gasteiger partial charge in [0.1, 0.15) is 11.5 Å². The number of anilines is 1. The number of H-pyrrole nitrogens is 1. The number of hydrogen-bond donors (Lipinski definition) is 1. The summed E-state index contributed by atoms with van der Waals surface area (Å²) >= 11 is 6.30. The van der Waals surface area contributed by atoms with Gasteiger partial charge in [0.05, 0.1) is 28.0 Å². The molecule has 184 valence electrons. The van der Waals surface area contributed by atoms with Crippen LogP contribution in [0.25, 0.3) is 0 Å². The van der Waals surface area contributed by atoms with E-state index < -0.39 is 39.9 Å². The van der Waals surface area contributed by atoms with Gasteiger partial charge in [-0.2, -0.15) is 13.2 Å². The molecule has 11 heteroatoms. The Labute approximate surface area is 203 Å². The van der Waals surface area contributed by atoms with Gasteiger partial charge in [-0.05, 0) is 38.5 Å². The molecule has 0 spiro atoms. The number of rotatable bonds is 3. The Hall–Kier alpha value is -3.40. The van der Waals surface area contributed by atoms with E-state index in [9.17, 15) is 27.2 Å². The molecule has 1 amide bonds. The summed E-state index contributed by atoms with van der Waals surface area (Å²) in [6.07, 6.45) is -2.45. The molecule has 0 bridgehead atoms. The lowest BCUT2D eigenvalue weighted by Gasteiger charge is -2.32. The second-order valence-electron chi connectivity index (χ2n) is 8.34. The van der Waals surface area contributed by atoms with Crippen LogP contribution in [-0.4, -0.2) is 40.6 Å². The monoisotopic (exact) mass is 508 g/mol. The van der Waals surface area contributed by atoms with E-state index in [4.69, 9.17) is 11.6 Å². The number of carbonyl (C=O) groups is 1. The Morgan fingerprint density at radius 2 is 1.94 bits per heavy atom. The van der Waals surface area contributed by atoms with Crippen molar-refractivity contribution in [2.75, 3.05) is 18.0 Å². The molecule has 35 heavy (non-hydrogen) atoms. The largest absolute Gasteiger partial charge is 0.417 e. The number of pyridine rings is 1. The van der Waals surface area contributed by atoms with Gasteiger partial charge in [-0.1, -0.05) is 18.2 Å². The highest BCUT2D eigenvalue weighted by atomic mass is 35.5. The molecule has 1 saturated heterocycles. The minimum atomic E-state index is -4.81. The van der Waals surface area contributed by atoms with Crippen molar-refractivity contribution in [3.8, 4) is 0 Å². The van der Waals surface area contributed by atoms with E-state index in [0.29, 0.717) is 24.4 Å². The molecule has 0 saturated carbocycles. The number of benzene rings is 1. The minimum Gasteiger partial charge on any atom is -0.339 e. The van der Waals surface area contributed by atoms with Crippen molar-refractivity contribution in [2.45, 2.75) is 32.5 Å². The molecule has 1 N–H and O–H groups in total. The highest BCUT2D eigenvalue weighted by molar-refractivity contribution is 6.37. The number of aliphatic imine (C=N–C) groups is 1. The number of alkyl halides is 3. The van der Waals surface area contributed by atoms with Gasteiger partial charge in [0.15, 0.2) is 0 Å². The van der Waals surface area contributed by atoms with Crippen LogP contribution in [0.15, 0.2) is 58.1 Å². The maximum Gasteiger partial charge on any atom is 0.417 e. The molecule has 6 nitrogen and oxygen atoms in total. The van der Waals surface area contributed by atoms with Gasteiger partial charge in [-0.3, -0.25) is 14.6 Å². The Bertz CT molecular complexity index is 1340. The van der Waals surface area contributed by atoms with E-state index in [1.807, 2.05) is 0 Å². The van der Waals surface area contributed by atoms with Crippen molar-refractivity contribution in [3.05, 3.63) is 86.3 Å². The summed E-state index contributed by atoms with van der Waals surface area (Å²) < 4.78 is 56.0. The number of fused-ring (bicyclic) bond motifs is 1. The lowest BCUT2D eigenvalue weighted by molar-refractivity contribution is -0.137. The van der Waals surface area contributed by atoms with Gasteiger partial charge in [0, 0.05) is 42.2 Å². The summed E-state index contributed by atoms with van der Waals surface area (Å²) in [6.45, 7) is 8.45. The van der Waals surface area contributed by atoms with E-state index in [1.54, 1.807) is 18.7 Å². The summed E-state index contributed by atoms with van der Waals surface area (Å²) in [4.78, 5) is 34.5. The quantitative estimate of drug-likeness (QED) is 0.474. The molecule has 1 atom stereocenters. The fourth-order valence-electron chi connectivity index (χ4n) is 3.89. The first kappa shape index (κ1) is 24.7. The number of hydrogen-bond acceptors (Lipinski definition) is 4. The molecule has 3 heterocycles. The van der Waals surface area contributed by atoms with Gasteiger partial charge in [0.25, 0.3) is 5.91 Å². The van der Waals surface area contributed by atoms with Crippen LogP contribution >= 0.6 is 11.6 Å². The fourth-order valence-corrected chi connectivity index (χ4v) is 4.24. The molecule has 2 aliphatic rings. The SMILES string of the molecule is C=C1[C@H](C)N=C(c2[nH]c(=O)ccc2F)c2c(ccc(C(F)(F)F)c2Cl)N1/C=C(\C)C(=O)N1CCC1. The predicted molar refractivity (Wildman–Crippen MR) is 125 cm³/mol. The molecule has 0 aliphatic carbocycles. The number of carbonyl (C=O) groups excluding carboxylic acids is 1. The van der Waals surface area contributed by atoms with E-state index >= 15 is 0 Å². The van der Waals surface area contributed by atoms with Crippen LogP contribution in [0.4, 0.5) is 23.2 Å². The lowest BCUT2D eigenvalue weighted by Crippen LogP contribution is -2.42. The van der Waals surface area contributed by atoms with Gasteiger partial charge in [-0.25, -0.2) is 4.39 Å². The van der Waals surface area contributed by atoms with E-state index in [-0.39, 0.29) is 22.9 Å². The Morgan fingerprint density at radius 1 is 1.26 bits per heavy atom. The Kier molecular flexibility index (Phi) is 6.35. The Balaban J connectivity index is 1.99. The fraction of sp³-hybridized carbons (Fsp3) is 0.292. The lowest BCUT2D eigenvalue weighted by atomic mass is 9.99. The first-order valence-electron chi connectivity index (χ1n) is 10.7. The van der Waals surface area contributed by atoms with E-state index in [2.05, 4.69) is 16.6 Å². The molecule has 1 aromatic heterocycles. The van der Waals surface area contributed by atoms with Crippen LogP contribution < -0.4 is 10.5 Å². The summed E-state index contributed by atoms with van der Waals surface area (Å²) in [5, 5.41) is -0.718. The third-order valence-corrected chi connectivity index (χ3v) is 6.34.